The monoisotopic (exact) mass is 248 g/mol. The van der Waals surface area contributed by atoms with Gasteiger partial charge in [0, 0.05) is 11.8 Å². The standard InChI is InChI=1S/C10H11F3N2O2/c1-17-8-4-2-3-7(5-8)15-9(16)14-6-10(11,12)13/h2-5H,6H2,1H3,(H2,14,15,16). The molecular formula is C10H11F3N2O2. The van der Waals surface area contributed by atoms with E-state index in [4.69, 9.17) is 4.74 Å². The highest BCUT2D eigenvalue weighted by Crippen LogP contribution is 2.16. The topological polar surface area (TPSA) is 50.4 Å². The van der Waals surface area contributed by atoms with E-state index in [-0.39, 0.29) is 0 Å². The lowest BCUT2D eigenvalue weighted by Crippen LogP contribution is -2.36. The molecule has 0 atom stereocenters. The van der Waals surface area contributed by atoms with Crippen LogP contribution in [0.3, 0.4) is 0 Å². The van der Waals surface area contributed by atoms with Crippen molar-refractivity contribution in [3.63, 3.8) is 0 Å². The smallest absolute Gasteiger partial charge is 0.405 e. The molecule has 2 N–H and O–H groups in total. The van der Waals surface area contributed by atoms with Crippen molar-refractivity contribution in [2.75, 3.05) is 19.0 Å². The Morgan fingerprint density at radius 2 is 2.12 bits per heavy atom. The molecule has 0 spiro atoms. The third-order valence-corrected chi connectivity index (χ3v) is 1.78. The van der Waals surface area contributed by atoms with E-state index in [0.717, 1.165) is 0 Å². The minimum atomic E-state index is -4.42. The van der Waals surface area contributed by atoms with E-state index in [1.807, 2.05) is 0 Å². The van der Waals surface area contributed by atoms with Gasteiger partial charge in [0.25, 0.3) is 0 Å². The summed E-state index contributed by atoms with van der Waals surface area (Å²) in [6.45, 7) is -1.37. The molecular weight excluding hydrogens is 237 g/mol. The molecule has 4 nitrogen and oxygen atoms in total. The zero-order chi connectivity index (χ0) is 12.9. The van der Waals surface area contributed by atoms with E-state index in [1.54, 1.807) is 17.4 Å². The van der Waals surface area contributed by atoms with Crippen molar-refractivity contribution in [2.24, 2.45) is 0 Å². The van der Waals surface area contributed by atoms with Crippen LogP contribution in [0.25, 0.3) is 0 Å². The summed E-state index contributed by atoms with van der Waals surface area (Å²) in [5.74, 6) is 0.499. The zero-order valence-corrected chi connectivity index (χ0v) is 8.97. The number of carbonyl (C=O) groups excluding carboxylic acids is 1. The summed E-state index contributed by atoms with van der Waals surface area (Å²) in [5.41, 5.74) is 0.351. The van der Waals surface area contributed by atoms with Crippen LogP contribution in [0.5, 0.6) is 5.75 Å². The average Bonchev–Trinajstić information content (AvgIpc) is 2.26. The number of methoxy groups -OCH3 is 1. The van der Waals surface area contributed by atoms with E-state index in [2.05, 4.69) is 5.32 Å². The van der Waals surface area contributed by atoms with Crippen molar-refractivity contribution in [1.29, 1.82) is 0 Å². The van der Waals surface area contributed by atoms with E-state index in [0.29, 0.717) is 11.4 Å². The van der Waals surface area contributed by atoms with Crippen LogP contribution in [0.15, 0.2) is 24.3 Å². The van der Waals surface area contributed by atoms with E-state index in [9.17, 15) is 18.0 Å². The van der Waals surface area contributed by atoms with Crippen LogP contribution in [0.4, 0.5) is 23.7 Å². The summed E-state index contributed by atoms with van der Waals surface area (Å²) in [4.78, 5) is 11.1. The van der Waals surface area contributed by atoms with Gasteiger partial charge in [-0.2, -0.15) is 13.2 Å². The van der Waals surface area contributed by atoms with Crippen molar-refractivity contribution >= 4 is 11.7 Å². The molecule has 0 unspecified atom stereocenters. The summed E-state index contributed by atoms with van der Waals surface area (Å²) in [6, 6.07) is 5.37. The summed E-state index contributed by atoms with van der Waals surface area (Å²) in [7, 11) is 1.45. The average molecular weight is 248 g/mol. The number of carbonyl (C=O) groups is 1. The molecule has 0 aliphatic rings. The van der Waals surface area contributed by atoms with Gasteiger partial charge in [-0.1, -0.05) is 6.07 Å². The number of urea groups is 1. The fourth-order valence-corrected chi connectivity index (χ4v) is 1.06. The Morgan fingerprint density at radius 3 is 2.71 bits per heavy atom. The Bertz CT molecular complexity index is 393. The summed E-state index contributed by atoms with van der Waals surface area (Å²) < 4.78 is 40.3. The van der Waals surface area contributed by atoms with Gasteiger partial charge in [0.1, 0.15) is 12.3 Å². The van der Waals surface area contributed by atoms with Crippen LogP contribution in [0.1, 0.15) is 0 Å². The zero-order valence-electron chi connectivity index (χ0n) is 8.97. The first-order valence-corrected chi connectivity index (χ1v) is 4.66. The maximum atomic E-state index is 11.8. The number of benzene rings is 1. The Balaban J connectivity index is 2.50. The highest BCUT2D eigenvalue weighted by Gasteiger charge is 2.27. The van der Waals surface area contributed by atoms with Crippen molar-refractivity contribution in [3.8, 4) is 5.75 Å². The highest BCUT2D eigenvalue weighted by molar-refractivity contribution is 5.89. The molecule has 7 heteroatoms. The normalized spacial score (nSPS) is 10.8. The second-order valence-electron chi connectivity index (χ2n) is 3.15. The van der Waals surface area contributed by atoms with Crippen LogP contribution in [-0.2, 0) is 0 Å². The van der Waals surface area contributed by atoms with Crippen LogP contribution in [-0.4, -0.2) is 25.9 Å². The number of halogens is 3. The number of rotatable bonds is 3. The Morgan fingerprint density at radius 1 is 1.41 bits per heavy atom. The van der Waals surface area contributed by atoms with E-state index in [1.165, 1.54) is 19.2 Å². The third-order valence-electron chi connectivity index (χ3n) is 1.78. The Kier molecular flexibility index (Phi) is 4.19. The predicted octanol–water partition coefficient (Wildman–Crippen LogP) is 2.38. The number of alkyl halides is 3. The number of ether oxygens (including phenoxy) is 1. The SMILES string of the molecule is COc1cccc(NC(=O)NCC(F)(F)F)c1. The van der Waals surface area contributed by atoms with Crippen molar-refractivity contribution < 1.29 is 22.7 Å². The molecule has 0 fully saturated rings. The molecule has 1 rings (SSSR count). The minimum Gasteiger partial charge on any atom is -0.497 e. The largest absolute Gasteiger partial charge is 0.497 e. The molecule has 0 aliphatic carbocycles. The fraction of sp³-hybridized carbons (Fsp3) is 0.300. The van der Waals surface area contributed by atoms with Gasteiger partial charge in [-0.3, -0.25) is 0 Å². The molecule has 17 heavy (non-hydrogen) atoms. The summed E-state index contributed by atoms with van der Waals surface area (Å²) in [5, 5.41) is 3.95. The van der Waals surface area contributed by atoms with E-state index >= 15 is 0 Å². The first-order valence-electron chi connectivity index (χ1n) is 4.66. The first-order chi connectivity index (χ1) is 7.90. The van der Waals surface area contributed by atoms with Gasteiger partial charge in [0.15, 0.2) is 0 Å². The van der Waals surface area contributed by atoms with Crippen molar-refractivity contribution in [3.05, 3.63) is 24.3 Å². The molecule has 0 saturated carbocycles. The van der Waals surface area contributed by atoms with Gasteiger partial charge in [-0.25, -0.2) is 4.79 Å². The summed E-state index contributed by atoms with van der Waals surface area (Å²) >= 11 is 0. The second kappa shape index (κ2) is 5.42. The van der Waals surface area contributed by atoms with Gasteiger partial charge in [0.05, 0.1) is 7.11 Å². The Labute approximate surface area is 95.8 Å². The van der Waals surface area contributed by atoms with Crippen LogP contribution in [0, 0.1) is 0 Å². The lowest BCUT2D eigenvalue weighted by Gasteiger charge is -2.10. The highest BCUT2D eigenvalue weighted by atomic mass is 19.4. The molecule has 1 aromatic rings. The lowest BCUT2D eigenvalue weighted by molar-refractivity contribution is -0.122. The number of nitrogens with one attached hydrogen (secondary N) is 2. The van der Waals surface area contributed by atoms with E-state index < -0.39 is 18.8 Å². The minimum absolute atomic E-state index is 0.351. The van der Waals surface area contributed by atoms with Crippen LogP contribution in [0.2, 0.25) is 0 Å². The van der Waals surface area contributed by atoms with Gasteiger partial charge in [0.2, 0.25) is 0 Å². The molecule has 0 heterocycles. The molecule has 94 valence electrons. The molecule has 0 saturated heterocycles. The lowest BCUT2D eigenvalue weighted by atomic mass is 10.3. The molecule has 0 bridgehead atoms. The molecule has 2 amide bonds. The molecule has 0 aromatic heterocycles. The molecule has 0 aliphatic heterocycles. The molecule has 1 aromatic carbocycles. The maximum Gasteiger partial charge on any atom is 0.405 e. The predicted molar refractivity (Wildman–Crippen MR) is 56.1 cm³/mol. The maximum absolute atomic E-state index is 11.8. The van der Waals surface area contributed by atoms with Crippen LogP contribution < -0.4 is 15.4 Å². The van der Waals surface area contributed by atoms with Gasteiger partial charge < -0.3 is 15.4 Å². The Hall–Kier alpha value is -1.92. The van der Waals surface area contributed by atoms with Crippen molar-refractivity contribution in [1.82, 2.24) is 5.32 Å². The number of amides is 2. The van der Waals surface area contributed by atoms with Gasteiger partial charge in [-0.15, -0.1) is 0 Å². The first kappa shape index (κ1) is 13.1. The van der Waals surface area contributed by atoms with Gasteiger partial charge in [-0.05, 0) is 12.1 Å². The fourth-order valence-electron chi connectivity index (χ4n) is 1.06. The molecule has 0 radical (unpaired) electrons. The third kappa shape index (κ3) is 5.10. The van der Waals surface area contributed by atoms with Gasteiger partial charge >= 0.3 is 12.2 Å². The van der Waals surface area contributed by atoms with Crippen molar-refractivity contribution in [2.45, 2.75) is 6.18 Å². The number of hydrogen-bond acceptors (Lipinski definition) is 2. The number of anilines is 1. The summed E-state index contributed by atoms with van der Waals surface area (Å²) in [6.07, 6.45) is -4.42. The second-order valence-corrected chi connectivity index (χ2v) is 3.15. The number of hydrogen-bond donors (Lipinski definition) is 2. The van der Waals surface area contributed by atoms with Crippen LogP contribution >= 0.6 is 0 Å². The quantitative estimate of drug-likeness (QED) is 0.862.